The molecule has 2 bridgehead atoms. The summed E-state index contributed by atoms with van der Waals surface area (Å²) < 4.78 is 27.2. The van der Waals surface area contributed by atoms with Crippen molar-refractivity contribution >= 4 is 15.8 Å². The SMILES string of the molecule is CC(=O)c1ccc(S(=O)(=O)N(C)C23CCC(CC2)C3)cc1. The van der Waals surface area contributed by atoms with Crippen LogP contribution in [0.25, 0.3) is 0 Å². The maximum absolute atomic E-state index is 12.8. The molecule has 3 rings (SSSR count). The van der Waals surface area contributed by atoms with Crippen molar-refractivity contribution in [2.45, 2.75) is 49.5 Å². The number of ketones is 1. The molecule has 1 aromatic rings. The third kappa shape index (κ3) is 2.32. The first-order chi connectivity index (χ1) is 9.85. The van der Waals surface area contributed by atoms with Gasteiger partial charge in [0.2, 0.25) is 10.0 Å². The molecule has 0 aliphatic heterocycles. The van der Waals surface area contributed by atoms with Crippen LogP contribution >= 0.6 is 0 Å². The van der Waals surface area contributed by atoms with E-state index in [0.717, 1.165) is 32.1 Å². The summed E-state index contributed by atoms with van der Waals surface area (Å²) in [6.07, 6.45) is 5.22. The van der Waals surface area contributed by atoms with E-state index in [2.05, 4.69) is 0 Å². The number of rotatable bonds is 4. The summed E-state index contributed by atoms with van der Waals surface area (Å²) in [4.78, 5) is 11.6. The van der Waals surface area contributed by atoms with Gasteiger partial charge < -0.3 is 0 Å². The van der Waals surface area contributed by atoms with E-state index in [1.165, 1.54) is 6.92 Å². The quantitative estimate of drug-likeness (QED) is 0.804. The monoisotopic (exact) mass is 307 g/mol. The second kappa shape index (κ2) is 4.92. The van der Waals surface area contributed by atoms with Gasteiger partial charge in [-0.3, -0.25) is 4.79 Å². The van der Waals surface area contributed by atoms with Crippen molar-refractivity contribution in [2.75, 3.05) is 7.05 Å². The summed E-state index contributed by atoms with van der Waals surface area (Å²) in [6.45, 7) is 1.48. The Kier molecular flexibility index (Phi) is 3.45. The summed E-state index contributed by atoms with van der Waals surface area (Å²) in [5.41, 5.74) is 0.361. The lowest BCUT2D eigenvalue weighted by molar-refractivity contribution is 0.101. The highest BCUT2D eigenvalue weighted by Crippen LogP contribution is 2.51. The minimum atomic E-state index is -3.49. The average molecular weight is 307 g/mol. The second-order valence-electron chi connectivity index (χ2n) is 6.42. The first-order valence-corrected chi connectivity index (χ1v) is 8.89. The van der Waals surface area contributed by atoms with Crippen molar-refractivity contribution in [2.24, 2.45) is 5.92 Å². The Labute approximate surface area is 126 Å². The molecule has 2 fully saturated rings. The molecular formula is C16H21NO3S. The Morgan fingerprint density at radius 2 is 1.76 bits per heavy atom. The number of Topliss-reactive ketones (excluding diaryl/α,β-unsaturated/α-hetero) is 1. The number of hydrogen-bond donors (Lipinski definition) is 0. The fourth-order valence-corrected chi connectivity index (χ4v) is 5.44. The van der Waals surface area contributed by atoms with E-state index in [4.69, 9.17) is 0 Å². The summed E-state index contributed by atoms with van der Waals surface area (Å²) >= 11 is 0. The summed E-state index contributed by atoms with van der Waals surface area (Å²) in [5.74, 6) is 0.642. The van der Waals surface area contributed by atoms with Crippen LogP contribution in [-0.4, -0.2) is 31.1 Å². The van der Waals surface area contributed by atoms with E-state index in [-0.39, 0.29) is 16.2 Å². The number of benzene rings is 1. The highest BCUT2D eigenvalue weighted by atomic mass is 32.2. The van der Waals surface area contributed by atoms with E-state index in [1.54, 1.807) is 35.6 Å². The fraction of sp³-hybridized carbons (Fsp3) is 0.562. The molecule has 0 heterocycles. The van der Waals surface area contributed by atoms with Crippen molar-refractivity contribution in [3.63, 3.8) is 0 Å². The highest BCUT2D eigenvalue weighted by molar-refractivity contribution is 7.89. The van der Waals surface area contributed by atoms with Gasteiger partial charge in [-0.05, 0) is 57.1 Å². The van der Waals surface area contributed by atoms with Gasteiger partial charge in [-0.15, -0.1) is 0 Å². The van der Waals surface area contributed by atoms with Crippen LogP contribution in [0.2, 0.25) is 0 Å². The lowest BCUT2D eigenvalue weighted by Gasteiger charge is -2.36. The zero-order valence-corrected chi connectivity index (χ0v) is 13.3. The zero-order valence-electron chi connectivity index (χ0n) is 12.5. The normalized spacial score (nSPS) is 28.2. The van der Waals surface area contributed by atoms with Crippen LogP contribution in [0.15, 0.2) is 29.2 Å². The van der Waals surface area contributed by atoms with E-state index in [0.29, 0.717) is 11.5 Å². The highest BCUT2D eigenvalue weighted by Gasteiger charge is 2.51. The Hall–Kier alpha value is -1.20. The van der Waals surface area contributed by atoms with Crippen LogP contribution in [-0.2, 0) is 10.0 Å². The van der Waals surface area contributed by atoms with Gasteiger partial charge in [-0.25, -0.2) is 8.42 Å². The standard InChI is InChI=1S/C16H21NO3S/c1-12(18)14-3-5-15(6-4-14)21(19,20)17(2)16-9-7-13(11-16)8-10-16/h3-6,13H,7-11H2,1-2H3. The van der Waals surface area contributed by atoms with Gasteiger partial charge in [0.25, 0.3) is 0 Å². The topological polar surface area (TPSA) is 54.5 Å². The molecule has 1 aromatic carbocycles. The molecule has 0 atom stereocenters. The van der Waals surface area contributed by atoms with Gasteiger partial charge in [0.05, 0.1) is 4.90 Å². The van der Waals surface area contributed by atoms with E-state index < -0.39 is 10.0 Å². The Morgan fingerprint density at radius 3 is 2.19 bits per heavy atom. The molecule has 0 N–H and O–H groups in total. The molecule has 0 spiro atoms. The van der Waals surface area contributed by atoms with E-state index in [1.807, 2.05) is 0 Å². The second-order valence-corrected chi connectivity index (χ2v) is 8.39. The van der Waals surface area contributed by atoms with Crippen LogP contribution in [0.4, 0.5) is 0 Å². The molecule has 114 valence electrons. The number of carbonyl (C=O) groups excluding carboxylic acids is 1. The molecule has 0 radical (unpaired) electrons. The number of sulfonamides is 1. The van der Waals surface area contributed by atoms with Crippen LogP contribution < -0.4 is 0 Å². The third-order valence-corrected chi connectivity index (χ3v) is 7.27. The number of hydrogen-bond acceptors (Lipinski definition) is 3. The fourth-order valence-electron chi connectivity index (χ4n) is 3.88. The van der Waals surface area contributed by atoms with Crippen molar-refractivity contribution in [3.8, 4) is 0 Å². The summed E-state index contributed by atoms with van der Waals surface area (Å²) in [5, 5.41) is 0. The van der Waals surface area contributed by atoms with Crippen LogP contribution in [0, 0.1) is 5.92 Å². The first-order valence-electron chi connectivity index (χ1n) is 7.45. The van der Waals surface area contributed by atoms with Crippen LogP contribution in [0.5, 0.6) is 0 Å². The van der Waals surface area contributed by atoms with Crippen molar-refractivity contribution in [3.05, 3.63) is 29.8 Å². The number of nitrogens with zero attached hydrogens (tertiary/aromatic N) is 1. The lowest BCUT2D eigenvalue weighted by atomic mass is 9.94. The molecule has 0 amide bonds. The number of carbonyl (C=O) groups is 1. The van der Waals surface area contributed by atoms with Crippen LogP contribution in [0.1, 0.15) is 49.4 Å². The Morgan fingerprint density at radius 1 is 1.19 bits per heavy atom. The minimum absolute atomic E-state index is 0.0553. The Balaban J connectivity index is 1.91. The smallest absolute Gasteiger partial charge is 0.243 e. The molecule has 2 saturated carbocycles. The molecule has 2 aliphatic carbocycles. The molecule has 0 saturated heterocycles. The Bertz CT molecular complexity index is 655. The zero-order chi connectivity index (χ0) is 15.3. The van der Waals surface area contributed by atoms with E-state index >= 15 is 0 Å². The van der Waals surface area contributed by atoms with Gasteiger partial charge >= 0.3 is 0 Å². The third-order valence-electron chi connectivity index (χ3n) is 5.29. The molecule has 21 heavy (non-hydrogen) atoms. The summed E-state index contributed by atoms with van der Waals surface area (Å²) in [6, 6.07) is 6.26. The lowest BCUT2D eigenvalue weighted by Crippen LogP contribution is -2.46. The van der Waals surface area contributed by atoms with E-state index in [9.17, 15) is 13.2 Å². The average Bonchev–Trinajstić information content (AvgIpc) is 3.08. The van der Waals surface area contributed by atoms with Crippen molar-refractivity contribution in [1.82, 2.24) is 4.31 Å². The maximum atomic E-state index is 12.8. The predicted octanol–water partition coefficient (Wildman–Crippen LogP) is 2.84. The van der Waals surface area contributed by atoms with Crippen molar-refractivity contribution < 1.29 is 13.2 Å². The van der Waals surface area contributed by atoms with Gasteiger partial charge in [0.1, 0.15) is 0 Å². The van der Waals surface area contributed by atoms with Gasteiger partial charge in [-0.2, -0.15) is 4.31 Å². The number of fused-ring (bicyclic) bond motifs is 2. The first kappa shape index (κ1) is 14.7. The molecular weight excluding hydrogens is 286 g/mol. The van der Waals surface area contributed by atoms with Gasteiger partial charge in [0, 0.05) is 18.2 Å². The largest absolute Gasteiger partial charge is 0.295 e. The molecule has 0 aromatic heterocycles. The van der Waals surface area contributed by atoms with Gasteiger partial charge in [-0.1, -0.05) is 12.1 Å². The van der Waals surface area contributed by atoms with Crippen molar-refractivity contribution in [1.29, 1.82) is 0 Å². The molecule has 2 aliphatic rings. The van der Waals surface area contributed by atoms with Gasteiger partial charge in [0.15, 0.2) is 5.78 Å². The molecule has 4 nitrogen and oxygen atoms in total. The van der Waals surface area contributed by atoms with Crippen LogP contribution in [0.3, 0.4) is 0 Å². The minimum Gasteiger partial charge on any atom is -0.295 e. The molecule has 0 unspecified atom stereocenters. The predicted molar refractivity (Wildman–Crippen MR) is 80.7 cm³/mol. The summed E-state index contributed by atoms with van der Waals surface area (Å²) in [7, 11) is -1.78. The maximum Gasteiger partial charge on any atom is 0.243 e. The molecule has 5 heteroatoms.